The Balaban J connectivity index is 1.61. The van der Waals surface area contributed by atoms with Crippen molar-refractivity contribution in [1.82, 2.24) is 25.5 Å². The number of halogens is 2. The van der Waals surface area contributed by atoms with Gasteiger partial charge in [0.2, 0.25) is 11.8 Å². The molecule has 41 heavy (non-hydrogen) atoms. The molecule has 1 aromatic rings. The molecule has 0 aromatic carbocycles. The fraction of sp³-hybridized carbons (Fsp3) is 0.517. The molecule has 0 atom stereocenters. The van der Waals surface area contributed by atoms with Crippen LogP contribution in [-0.2, 0) is 4.74 Å². The van der Waals surface area contributed by atoms with Gasteiger partial charge < -0.3 is 30.7 Å². The maximum Gasteiger partial charge on any atom is 0.406 e. The number of alkyl carbamates (subject to hydrolysis) is 1. The summed E-state index contributed by atoms with van der Waals surface area (Å²) in [5.74, 6) is 1.29. The number of piperidine rings is 1. The molecule has 1 aromatic heterocycles. The largest absolute Gasteiger partial charge is 0.453 e. The van der Waals surface area contributed by atoms with Crippen LogP contribution in [-0.4, -0.2) is 80.4 Å². The number of hydrogen-bond acceptors (Lipinski definition) is 9. The number of nitrogens with two attached hydrogens (primary N) is 1. The van der Waals surface area contributed by atoms with Crippen molar-refractivity contribution in [2.75, 3.05) is 64.4 Å². The second-order valence-corrected chi connectivity index (χ2v) is 10.4. The van der Waals surface area contributed by atoms with Crippen LogP contribution in [0.2, 0.25) is 0 Å². The van der Waals surface area contributed by atoms with E-state index in [9.17, 15) is 9.18 Å². The average Bonchev–Trinajstić information content (AvgIpc) is 2.97. The molecular weight excluding hydrogens is 549 g/mol. The topological polar surface area (TPSA) is 118 Å². The number of hydrogen-bond donors (Lipinski definition) is 3. The standard InChI is InChI=1S/C29H41ClFN7O3/c1-22(31)17-25(30)6-4-3-5-24(21-37-13-9-23(10-14-37)18-36-29(39)40-2)7-8-27(32)41-26-19-34-28(35-20-26)38-15-11-33-12-16-38/h5-7,17,19-20,23,33H,3-4,9-16,18,21,32H2,1-2H3,(H,36,39)/b22-17+,24-5+,25-6+. The fourth-order valence-electron chi connectivity index (χ4n) is 4.53. The van der Waals surface area contributed by atoms with Gasteiger partial charge in [-0.2, -0.15) is 0 Å². The lowest BCUT2D eigenvalue weighted by atomic mass is 9.96. The van der Waals surface area contributed by atoms with Gasteiger partial charge in [0.15, 0.2) is 5.75 Å². The van der Waals surface area contributed by atoms with Gasteiger partial charge in [0.1, 0.15) is 0 Å². The predicted octanol–water partition coefficient (Wildman–Crippen LogP) is 3.99. The van der Waals surface area contributed by atoms with E-state index in [0.29, 0.717) is 48.6 Å². The van der Waals surface area contributed by atoms with Crippen LogP contribution < -0.4 is 26.0 Å². The van der Waals surface area contributed by atoms with Gasteiger partial charge in [0.25, 0.3) is 0 Å². The second-order valence-electron chi connectivity index (χ2n) is 9.98. The van der Waals surface area contributed by atoms with Crippen LogP contribution in [0.4, 0.5) is 15.1 Å². The van der Waals surface area contributed by atoms with E-state index >= 15 is 0 Å². The van der Waals surface area contributed by atoms with E-state index in [-0.39, 0.29) is 11.7 Å². The summed E-state index contributed by atoms with van der Waals surface area (Å²) >= 11 is 6.06. The third-order valence-corrected chi connectivity index (χ3v) is 6.99. The molecule has 2 aliphatic heterocycles. The number of likely N-dealkylation sites (tertiary alicyclic amines) is 1. The van der Waals surface area contributed by atoms with E-state index in [1.54, 1.807) is 18.5 Å². The maximum atomic E-state index is 13.1. The number of amides is 1. The lowest BCUT2D eigenvalue weighted by Gasteiger charge is -2.32. The van der Waals surface area contributed by atoms with Crippen LogP contribution in [0, 0.1) is 5.92 Å². The minimum atomic E-state index is -0.400. The van der Waals surface area contributed by atoms with Crippen molar-refractivity contribution in [3.8, 4) is 5.75 Å². The molecule has 1 amide bonds. The number of aromatic nitrogens is 2. The average molecular weight is 590 g/mol. The van der Waals surface area contributed by atoms with Crippen molar-refractivity contribution in [2.45, 2.75) is 32.6 Å². The van der Waals surface area contributed by atoms with Crippen LogP contribution >= 0.6 is 11.6 Å². The predicted molar refractivity (Wildman–Crippen MR) is 159 cm³/mol. The van der Waals surface area contributed by atoms with E-state index < -0.39 is 6.09 Å². The summed E-state index contributed by atoms with van der Waals surface area (Å²) in [5, 5.41) is 6.47. The van der Waals surface area contributed by atoms with Crippen LogP contribution in [0.1, 0.15) is 32.6 Å². The number of anilines is 1. The zero-order valence-corrected chi connectivity index (χ0v) is 24.6. The number of allylic oxidation sites excluding steroid dienone is 5. The highest BCUT2D eigenvalue weighted by Gasteiger charge is 2.20. The van der Waals surface area contributed by atoms with Crippen molar-refractivity contribution in [3.63, 3.8) is 0 Å². The van der Waals surface area contributed by atoms with Gasteiger partial charge in [0.05, 0.1) is 25.3 Å². The highest BCUT2D eigenvalue weighted by molar-refractivity contribution is 6.31. The normalized spacial score (nSPS) is 17.6. The summed E-state index contributed by atoms with van der Waals surface area (Å²) in [4.78, 5) is 24.7. The molecule has 0 spiro atoms. The summed E-state index contributed by atoms with van der Waals surface area (Å²) in [6.07, 6.45) is 13.2. The van der Waals surface area contributed by atoms with Crippen LogP contribution in [0.5, 0.6) is 5.75 Å². The molecule has 0 unspecified atom stereocenters. The molecule has 3 rings (SSSR count). The van der Waals surface area contributed by atoms with Gasteiger partial charge in [0, 0.05) is 44.3 Å². The SMILES string of the molecule is COC(=O)NCC1CCN(C/C(C=C=C(N)Oc2cnc(N3CCNCC3)nc2)=C/CC/C=C(Cl)\C=C(/C)F)CC1. The number of nitrogens with zero attached hydrogens (tertiary/aromatic N) is 4. The Morgan fingerprint density at radius 3 is 2.56 bits per heavy atom. The van der Waals surface area contributed by atoms with Gasteiger partial charge in [-0.15, -0.1) is 0 Å². The molecule has 0 saturated carbocycles. The molecule has 224 valence electrons. The van der Waals surface area contributed by atoms with Gasteiger partial charge in [-0.25, -0.2) is 19.2 Å². The minimum Gasteiger partial charge on any atom is -0.453 e. The van der Waals surface area contributed by atoms with E-state index in [0.717, 1.165) is 57.7 Å². The number of methoxy groups -OCH3 is 1. The fourth-order valence-corrected chi connectivity index (χ4v) is 4.78. The molecule has 0 bridgehead atoms. The Kier molecular flexibility index (Phi) is 13.7. The van der Waals surface area contributed by atoms with Gasteiger partial charge in [-0.1, -0.05) is 29.5 Å². The first kappa shape index (κ1) is 32.1. The van der Waals surface area contributed by atoms with Gasteiger partial charge >= 0.3 is 6.09 Å². The number of carbonyl (C=O) groups excluding carboxylic acids is 1. The quantitative estimate of drug-likeness (QED) is 0.144. The van der Waals surface area contributed by atoms with Gasteiger partial charge in [-0.05, 0) is 69.3 Å². The van der Waals surface area contributed by atoms with Crippen LogP contribution in [0.3, 0.4) is 0 Å². The van der Waals surface area contributed by atoms with Crippen LogP contribution in [0.15, 0.2) is 64.7 Å². The molecule has 2 aliphatic rings. The summed E-state index contributed by atoms with van der Waals surface area (Å²) < 4.78 is 23.4. The Morgan fingerprint density at radius 2 is 1.90 bits per heavy atom. The Hall–Kier alpha value is -3.37. The molecule has 2 fully saturated rings. The number of carbonyl (C=O) groups is 1. The lowest BCUT2D eigenvalue weighted by Crippen LogP contribution is -2.44. The van der Waals surface area contributed by atoms with E-state index in [1.807, 2.05) is 6.08 Å². The molecule has 2 saturated heterocycles. The Bertz CT molecular complexity index is 1130. The van der Waals surface area contributed by atoms with Crippen molar-refractivity contribution in [1.29, 1.82) is 0 Å². The molecule has 4 N–H and O–H groups in total. The summed E-state index contributed by atoms with van der Waals surface area (Å²) in [7, 11) is 1.37. The smallest absolute Gasteiger partial charge is 0.406 e. The summed E-state index contributed by atoms with van der Waals surface area (Å²) in [6, 6.07) is 0. The van der Waals surface area contributed by atoms with Gasteiger partial charge in [-0.3, -0.25) is 4.90 Å². The molecular formula is C29H41ClFN7O3. The van der Waals surface area contributed by atoms with E-state index in [2.05, 4.69) is 46.9 Å². The summed E-state index contributed by atoms with van der Waals surface area (Å²) in [5.41, 5.74) is 10.2. The number of piperazine rings is 1. The lowest BCUT2D eigenvalue weighted by molar-refractivity contribution is 0.160. The minimum absolute atomic E-state index is 0.105. The molecule has 3 heterocycles. The third kappa shape index (κ3) is 12.4. The first-order chi connectivity index (χ1) is 19.8. The molecule has 12 heteroatoms. The highest BCUT2D eigenvalue weighted by Crippen LogP contribution is 2.19. The van der Waals surface area contributed by atoms with Crippen molar-refractivity contribution in [3.05, 3.63) is 64.7 Å². The third-order valence-electron chi connectivity index (χ3n) is 6.73. The van der Waals surface area contributed by atoms with Crippen molar-refractivity contribution < 1.29 is 18.7 Å². The zero-order chi connectivity index (χ0) is 29.5. The number of ether oxygens (including phenoxy) is 2. The van der Waals surface area contributed by atoms with E-state index in [1.165, 1.54) is 20.1 Å². The highest BCUT2D eigenvalue weighted by atomic mass is 35.5. The number of rotatable bonds is 12. The summed E-state index contributed by atoms with van der Waals surface area (Å²) in [6.45, 7) is 8.00. The number of nitrogens with one attached hydrogen (secondary N) is 2. The molecule has 0 aliphatic carbocycles. The first-order valence-corrected chi connectivity index (χ1v) is 14.3. The number of unbranched alkanes of at least 4 members (excludes halogenated alkanes) is 1. The maximum absolute atomic E-state index is 13.1. The second kappa shape index (κ2) is 17.4. The molecule has 0 radical (unpaired) electrons. The van der Waals surface area contributed by atoms with Crippen molar-refractivity contribution >= 4 is 23.6 Å². The molecule has 10 nitrogen and oxygen atoms in total. The Morgan fingerprint density at radius 1 is 1.22 bits per heavy atom. The van der Waals surface area contributed by atoms with Crippen LogP contribution in [0.25, 0.3) is 0 Å². The van der Waals surface area contributed by atoms with Crippen molar-refractivity contribution in [2.24, 2.45) is 11.7 Å². The Labute approximate surface area is 246 Å². The first-order valence-electron chi connectivity index (χ1n) is 13.9. The zero-order valence-electron chi connectivity index (χ0n) is 23.9. The van der Waals surface area contributed by atoms with E-state index in [4.69, 9.17) is 22.1 Å². The monoisotopic (exact) mass is 589 g/mol.